The largest absolute Gasteiger partial charge is 0.380 e. The zero-order valence-corrected chi connectivity index (χ0v) is 8.31. The molecule has 2 nitrogen and oxygen atoms in total. The highest BCUT2D eigenvalue weighted by Gasteiger charge is 2.44. The molecule has 0 radical (unpaired) electrons. The van der Waals surface area contributed by atoms with Gasteiger partial charge in [0, 0.05) is 6.61 Å². The summed E-state index contributed by atoms with van der Waals surface area (Å²) in [6.45, 7) is 3.76. The molecule has 1 atom stereocenters. The van der Waals surface area contributed by atoms with E-state index in [1.54, 1.807) is 0 Å². The zero-order valence-electron chi connectivity index (χ0n) is 8.31. The number of ether oxygens (including phenoxy) is 1. The maximum Gasteiger partial charge on any atom is 0.0833 e. The lowest BCUT2D eigenvalue weighted by molar-refractivity contribution is 0.0800. The first-order valence-corrected chi connectivity index (χ1v) is 5.17. The molecule has 0 N–H and O–H groups in total. The van der Waals surface area contributed by atoms with Crippen molar-refractivity contribution in [3.63, 3.8) is 0 Å². The molecule has 2 aliphatic rings. The number of rotatable bonds is 2. The van der Waals surface area contributed by atoms with Gasteiger partial charge < -0.3 is 4.74 Å². The minimum Gasteiger partial charge on any atom is -0.380 e. The first-order chi connectivity index (χ1) is 6.18. The third kappa shape index (κ3) is 1.58. The lowest BCUT2D eigenvalue weighted by Crippen LogP contribution is -2.34. The van der Waals surface area contributed by atoms with E-state index in [4.69, 9.17) is 10.00 Å². The molecule has 1 heterocycles. The number of hydrogen-bond acceptors (Lipinski definition) is 2. The van der Waals surface area contributed by atoms with Gasteiger partial charge in [0.2, 0.25) is 0 Å². The molecule has 1 aliphatic heterocycles. The molecule has 72 valence electrons. The summed E-state index contributed by atoms with van der Waals surface area (Å²) in [7, 11) is 0. The third-order valence-electron chi connectivity index (χ3n) is 3.67. The van der Waals surface area contributed by atoms with Gasteiger partial charge in [-0.1, -0.05) is 13.3 Å². The van der Waals surface area contributed by atoms with Crippen LogP contribution in [-0.4, -0.2) is 13.2 Å². The number of hydrogen-bond donors (Lipinski definition) is 0. The standard InChI is InChI=1S/C11H17NO/c1-10(3-2-4-10)7-11(8-12)5-6-13-9-11/h2-7,9H2,1H3. The smallest absolute Gasteiger partial charge is 0.0833 e. The van der Waals surface area contributed by atoms with Crippen molar-refractivity contribution in [1.82, 2.24) is 0 Å². The maximum absolute atomic E-state index is 9.17. The van der Waals surface area contributed by atoms with Crippen LogP contribution in [-0.2, 0) is 4.74 Å². The molecule has 2 heteroatoms. The Bertz CT molecular complexity index is 231. The van der Waals surface area contributed by atoms with E-state index in [2.05, 4.69) is 13.0 Å². The molecule has 0 amide bonds. The van der Waals surface area contributed by atoms with Crippen molar-refractivity contribution >= 4 is 0 Å². The summed E-state index contributed by atoms with van der Waals surface area (Å²) in [5, 5.41) is 9.17. The van der Waals surface area contributed by atoms with Crippen molar-refractivity contribution in [3.05, 3.63) is 0 Å². The van der Waals surface area contributed by atoms with Crippen LogP contribution in [0.3, 0.4) is 0 Å². The van der Waals surface area contributed by atoms with Gasteiger partial charge in [0.25, 0.3) is 0 Å². The van der Waals surface area contributed by atoms with E-state index >= 15 is 0 Å². The van der Waals surface area contributed by atoms with E-state index in [0.717, 1.165) is 19.4 Å². The summed E-state index contributed by atoms with van der Waals surface area (Å²) in [5.41, 5.74) is 0.304. The Morgan fingerprint density at radius 1 is 1.38 bits per heavy atom. The Morgan fingerprint density at radius 3 is 2.54 bits per heavy atom. The van der Waals surface area contributed by atoms with Crippen LogP contribution in [0, 0.1) is 22.2 Å². The zero-order chi connectivity index (χ0) is 9.36. The fourth-order valence-electron chi connectivity index (χ4n) is 2.65. The van der Waals surface area contributed by atoms with Gasteiger partial charge in [0.15, 0.2) is 0 Å². The average molecular weight is 179 g/mol. The molecule has 2 fully saturated rings. The maximum atomic E-state index is 9.17. The molecule has 0 aromatic rings. The molecule has 13 heavy (non-hydrogen) atoms. The van der Waals surface area contributed by atoms with Crippen LogP contribution in [0.5, 0.6) is 0 Å². The van der Waals surface area contributed by atoms with E-state index in [-0.39, 0.29) is 5.41 Å². The highest BCUT2D eigenvalue weighted by atomic mass is 16.5. The van der Waals surface area contributed by atoms with Gasteiger partial charge in [-0.3, -0.25) is 0 Å². The Labute approximate surface area is 79.9 Å². The van der Waals surface area contributed by atoms with Gasteiger partial charge in [0.1, 0.15) is 0 Å². The predicted molar refractivity (Wildman–Crippen MR) is 50.1 cm³/mol. The van der Waals surface area contributed by atoms with Gasteiger partial charge in [0.05, 0.1) is 18.1 Å². The molecule has 0 bridgehead atoms. The molecule has 1 saturated carbocycles. The van der Waals surface area contributed by atoms with E-state index in [9.17, 15) is 0 Å². The summed E-state index contributed by atoms with van der Waals surface area (Å²) in [4.78, 5) is 0. The predicted octanol–water partition coefficient (Wildman–Crippen LogP) is 2.50. The van der Waals surface area contributed by atoms with Gasteiger partial charge in [-0.15, -0.1) is 0 Å². The molecule has 0 aromatic carbocycles. The molecule has 0 spiro atoms. The van der Waals surface area contributed by atoms with E-state index in [1.165, 1.54) is 19.3 Å². The van der Waals surface area contributed by atoms with Crippen molar-refractivity contribution in [1.29, 1.82) is 5.26 Å². The van der Waals surface area contributed by atoms with E-state index < -0.39 is 0 Å². The summed E-state index contributed by atoms with van der Waals surface area (Å²) in [6.07, 6.45) is 5.95. The first-order valence-electron chi connectivity index (χ1n) is 5.17. The SMILES string of the molecule is CC1(CC2(C#N)CCOC2)CCC1. The minimum absolute atomic E-state index is 0.144. The van der Waals surface area contributed by atoms with Crippen LogP contribution in [0.25, 0.3) is 0 Å². The number of nitriles is 1. The van der Waals surface area contributed by atoms with E-state index in [0.29, 0.717) is 12.0 Å². The Hall–Kier alpha value is -0.550. The molecule has 1 unspecified atom stereocenters. The normalized spacial score (nSPS) is 36.6. The van der Waals surface area contributed by atoms with Crippen molar-refractivity contribution < 1.29 is 4.74 Å². The minimum atomic E-state index is -0.144. The third-order valence-corrected chi connectivity index (χ3v) is 3.67. The highest BCUT2D eigenvalue weighted by molar-refractivity contribution is 5.05. The van der Waals surface area contributed by atoms with Crippen LogP contribution in [0.4, 0.5) is 0 Å². The van der Waals surface area contributed by atoms with E-state index in [1.807, 2.05) is 0 Å². The van der Waals surface area contributed by atoms with Gasteiger partial charge in [-0.05, 0) is 31.1 Å². The first kappa shape index (κ1) is 9.02. The molecule has 0 aromatic heterocycles. The monoisotopic (exact) mass is 179 g/mol. The highest BCUT2D eigenvalue weighted by Crippen LogP contribution is 2.50. The van der Waals surface area contributed by atoms with Gasteiger partial charge >= 0.3 is 0 Å². The van der Waals surface area contributed by atoms with Crippen LogP contribution < -0.4 is 0 Å². The Balaban J connectivity index is 2.02. The van der Waals surface area contributed by atoms with Gasteiger partial charge in [-0.2, -0.15) is 5.26 Å². The average Bonchev–Trinajstić information content (AvgIpc) is 2.51. The van der Waals surface area contributed by atoms with Crippen LogP contribution >= 0.6 is 0 Å². The molecule has 1 saturated heterocycles. The molecular formula is C11H17NO. The second-order valence-corrected chi connectivity index (χ2v) is 5.04. The lowest BCUT2D eigenvalue weighted by atomic mass is 9.62. The second kappa shape index (κ2) is 2.99. The summed E-state index contributed by atoms with van der Waals surface area (Å²) < 4.78 is 5.34. The summed E-state index contributed by atoms with van der Waals surface area (Å²) >= 11 is 0. The van der Waals surface area contributed by atoms with Crippen LogP contribution in [0.1, 0.15) is 39.0 Å². The fraction of sp³-hybridized carbons (Fsp3) is 0.909. The van der Waals surface area contributed by atoms with Crippen LogP contribution in [0.15, 0.2) is 0 Å². The van der Waals surface area contributed by atoms with Crippen molar-refractivity contribution in [2.75, 3.05) is 13.2 Å². The lowest BCUT2D eigenvalue weighted by Gasteiger charge is -2.42. The van der Waals surface area contributed by atoms with Crippen molar-refractivity contribution in [2.45, 2.75) is 39.0 Å². The van der Waals surface area contributed by atoms with Crippen molar-refractivity contribution in [2.24, 2.45) is 10.8 Å². The summed E-state index contributed by atoms with van der Waals surface area (Å²) in [5.74, 6) is 0. The summed E-state index contributed by atoms with van der Waals surface area (Å²) in [6, 6.07) is 2.48. The molecule has 1 aliphatic carbocycles. The quantitative estimate of drug-likeness (QED) is 0.652. The molecular weight excluding hydrogens is 162 g/mol. The molecule has 2 rings (SSSR count). The van der Waals surface area contributed by atoms with Crippen molar-refractivity contribution in [3.8, 4) is 6.07 Å². The van der Waals surface area contributed by atoms with Gasteiger partial charge in [-0.25, -0.2) is 0 Å². The second-order valence-electron chi connectivity index (χ2n) is 5.04. The fourth-order valence-corrected chi connectivity index (χ4v) is 2.65. The Morgan fingerprint density at radius 2 is 2.15 bits per heavy atom. The topological polar surface area (TPSA) is 33.0 Å². The number of nitrogens with zero attached hydrogens (tertiary/aromatic N) is 1. The Kier molecular flexibility index (Phi) is 2.08. The van der Waals surface area contributed by atoms with Crippen LogP contribution in [0.2, 0.25) is 0 Å².